The number of H-pyrrole nitrogens is 1. The fraction of sp³-hybridized carbons (Fsp3) is 0.315. The van der Waals surface area contributed by atoms with Crippen LogP contribution in [0.5, 0.6) is 23.0 Å². The van der Waals surface area contributed by atoms with E-state index in [2.05, 4.69) is 67.1 Å². The number of ether oxygens (including phenoxy) is 7. The second-order valence-corrected chi connectivity index (χ2v) is 23.7. The van der Waals surface area contributed by atoms with Gasteiger partial charge in [0.05, 0.1) is 76.6 Å². The van der Waals surface area contributed by atoms with Gasteiger partial charge in [-0.05, 0) is 114 Å². The fourth-order valence-corrected chi connectivity index (χ4v) is 14.5. The number of carbonyl (C=O) groups excluding carboxylic acids is 3. The van der Waals surface area contributed by atoms with Crippen LogP contribution in [0.15, 0.2) is 182 Å². The van der Waals surface area contributed by atoms with Gasteiger partial charge in [-0.15, -0.1) is 0 Å². The lowest BCUT2D eigenvalue weighted by molar-refractivity contribution is -0.384. The predicted molar refractivity (Wildman–Crippen MR) is 353 cm³/mol. The zero-order chi connectivity index (χ0) is 64.8. The molecule has 9 aromatic rings. The maximum atomic E-state index is 14.2. The molecule has 20 nitrogen and oxygen atoms in total. The van der Waals surface area contributed by atoms with E-state index in [4.69, 9.17) is 38.1 Å². The second kappa shape index (κ2) is 27.8. The van der Waals surface area contributed by atoms with E-state index in [1.54, 1.807) is 31.3 Å². The Labute approximate surface area is 540 Å². The van der Waals surface area contributed by atoms with Crippen LogP contribution in [-0.4, -0.2) is 136 Å². The molecule has 5 heterocycles. The number of piperidine rings is 1. The van der Waals surface area contributed by atoms with Crippen molar-refractivity contribution in [1.29, 1.82) is 0 Å². The minimum Gasteiger partial charge on any atom is -0.497 e. The molecule has 2 N–H and O–H groups in total. The number of benzene rings is 7. The largest absolute Gasteiger partial charge is 0.497 e. The highest BCUT2D eigenvalue weighted by atomic mass is 16.6. The number of nitro benzene ring substituents is 1. The number of hydrogen-bond acceptors (Lipinski definition) is 16. The summed E-state index contributed by atoms with van der Waals surface area (Å²) in [5.74, 6) is 0.163. The van der Waals surface area contributed by atoms with E-state index in [0.29, 0.717) is 40.6 Å². The molecule has 480 valence electrons. The van der Waals surface area contributed by atoms with Gasteiger partial charge in [0.1, 0.15) is 23.5 Å². The van der Waals surface area contributed by atoms with Crippen molar-refractivity contribution in [2.75, 3.05) is 91.7 Å². The minimum absolute atomic E-state index is 0.0170. The van der Waals surface area contributed by atoms with Gasteiger partial charge in [0.15, 0.2) is 11.5 Å². The van der Waals surface area contributed by atoms with Crippen LogP contribution in [0.4, 0.5) is 17.1 Å². The molecular weight excluding hydrogens is 1180 g/mol. The van der Waals surface area contributed by atoms with Crippen LogP contribution in [0.2, 0.25) is 0 Å². The van der Waals surface area contributed by atoms with Gasteiger partial charge in [-0.3, -0.25) is 24.6 Å². The number of aromatic amines is 1. The van der Waals surface area contributed by atoms with E-state index in [-0.39, 0.29) is 47.5 Å². The summed E-state index contributed by atoms with van der Waals surface area (Å²) in [4.78, 5) is 67.1. The van der Waals surface area contributed by atoms with Crippen molar-refractivity contribution in [2.45, 2.75) is 49.6 Å². The lowest BCUT2D eigenvalue weighted by atomic mass is 9.63. The molecule has 3 fully saturated rings. The van der Waals surface area contributed by atoms with Gasteiger partial charge in [0, 0.05) is 104 Å². The monoisotopic (exact) mass is 1260 g/mol. The van der Waals surface area contributed by atoms with E-state index in [0.717, 1.165) is 85.8 Å². The number of rotatable bonds is 18. The van der Waals surface area contributed by atoms with Crippen molar-refractivity contribution in [3.05, 3.63) is 237 Å². The molecule has 1 saturated carbocycles. The number of carbonyl (C=O) groups is 3. The Kier molecular flexibility index (Phi) is 18.9. The number of piperazine rings is 1. The third-order valence-electron chi connectivity index (χ3n) is 18.9. The van der Waals surface area contributed by atoms with Gasteiger partial charge in [-0.1, -0.05) is 91.0 Å². The number of imidazole rings is 1. The summed E-state index contributed by atoms with van der Waals surface area (Å²) < 4.78 is 41.2. The lowest BCUT2D eigenvalue weighted by Crippen LogP contribution is -2.58. The highest BCUT2D eigenvalue weighted by Gasteiger charge is 2.55. The lowest BCUT2D eigenvalue weighted by Gasteiger charge is -2.52. The minimum atomic E-state index is -0.743. The van der Waals surface area contributed by atoms with E-state index in [1.165, 1.54) is 69.3 Å². The molecule has 4 aliphatic rings. The van der Waals surface area contributed by atoms with Crippen LogP contribution in [0.25, 0.3) is 10.9 Å². The Hall–Kier alpha value is -10.0. The number of nitro groups is 1. The Morgan fingerprint density at radius 1 is 0.710 bits per heavy atom. The Bertz CT molecular complexity index is 3960. The summed E-state index contributed by atoms with van der Waals surface area (Å²) in [6.07, 6.45) is 4.77. The molecule has 20 heteroatoms. The molecular formula is C73H76N8O12. The third kappa shape index (κ3) is 12.5. The number of anilines is 2. The first kappa shape index (κ1) is 63.1. The number of esters is 2. The van der Waals surface area contributed by atoms with Crippen molar-refractivity contribution in [3.63, 3.8) is 0 Å². The van der Waals surface area contributed by atoms with Crippen LogP contribution in [0, 0.1) is 27.9 Å². The smallest absolute Gasteiger partial charge is 0.338 e. The van der Waals surface area contributed by atoms with E-state index in [9.17, 15) is 24.5 Å². The molecule has 1 amide bonds. The zero-order valence-corrected chi connectivity index (χ0v) is 52.9. The topological polar surface area (TPSA) is 214 Å². The molecule has 0 unspecified atom stereocenters. The first-order chi connectivity index (χ1) is 45.4. The Balaban J connectivity index is 0.000000180. The van der Waals surface area contributed by atoms with Gasteiger partial charge in [-0.2, -0.15) is 0 Å². The summed E-state index contributed by atoms with van der Waals surface area (Å²) in [5, 5.41) is 15.9. The fourth-order valence-electron chi connectivity index (χ4n) is 14.5. The highest BCUT2D eigenvalue weighted by molar-refractivity contribution is 6.06. The zero-order valence-electron chi connectivity index (χ0n) is 52.9. The number of fused-ring (bicyclic) bond motifs is 6. The molecule has 13 rings (SSSR count). The quantitative estimate of drug-likeness (QED) is 0.0354. The maximum absolute atomic E-state index is 14.2. The average molecular weight is 1260 g/mol. The van der Waals surface area contributed by atoms with Gasteiger partial charge in [0.25, 0.3) is 11.6 Å². The van der Waals surface area contributed by atoms with Gasteiger partial charge in [-0.25, -0.2) is 9.78 Å². The molecule has 3 aliphatic heterocycles. The summed E-state index contributed by atoms with van der Waals surface area (Å²) in [5.41, 5.74) is 9.06. The first-order valence-corrected chi connectivity index (χ1v) is 31.3. The highest BCUT2D eigenvalue weighted by Crippen LogP contribution is 2.51. The number of hydrogen-bond donors (Lipinski definition) is 2. The second-order valence-electron chi connectivity index (χ2n) is 23.7. The normalized spacial score (nSPS) is 19.3. The summed E-state index contributed by atoms with van der Waals surface area (Å²) in [7, 11) is 9.10. The van der Waals surface area contributed by atoms with Crippen molar-refractivity contribution >= 4 is 45.8 Å². The molecule has 0 bridgehead atoms. The molecule has 6 atom stereocenters. The number of aromatic nitrogens is 3. The maximum Gasteiger partial charge on any atom is 0.338 e. The van der Waals surface area contributed by atoms with Gasteiger partial charge >= 0.3 is 11.9 Å². The molecule has 0 radical (unpaired) electrons. The number of nitrogens with zero attached hydrogens (tertiary/aromatic N) is 6. The standard InChI is InChI=1S/C40H36N6O3.C33H40N2O9/c47-39(31-16-18-38(19-17-31)46(48)49)45(37-22-20-36(21-23-37)43-26-24-41-25-27-43)29-35-28-44(30-42-35)40(32-10-4-1-5-11-32,33-12-6-2-7-13-33)34-14-8-3-9-15-34;1-38-19-7-8-20-21-9-10-35-16-18-13-27(44-32(36)17-11-25(39-2)30(41-4)26(12-17)40-3)31(42-5)28(33(37)43-6)22(18)15-24(35)29(21)34-23(20)14-19/h1-23,28,30,41H,24-27,29H2;7-8,11-12,14,18,22,24,27-28,31,34H,9-10,13,15-16H2,1-6H3/t;18-,22+,24-,27-,28+,31+/m.1/s1. The van der Waals surface area contributed by atoms with Crippen LogP contribution in [0.3, 0.4) is 0 Å². The molecule has 7 aromatic carbocycles. The predicted octanol–water partition coefficient (Wildman–Crippen LogP) is 11.1. The van der Waals surface area contributed by atoms with Crippen LogP contribution in [0.1, 0.15) is 73.2 Å². The summed E-state index contributed by atoms with van der Waals surface area (Å²) in [6, 6.07) is 54.2. The summed E-state index contributed by atoms with van der Waals surface area (Å²) >= 11 is 0. The SMILES string of the molecule is COC(=O)[C@H]1[C@H]2C[C@@H]3c4[nH]c5cc(OC)ccc5c4CCN3C[C@H]2C[C@@H](OC(=O)c2cc(OC)c(OC)c(OC)c2)[C@@H]1OC.O=C(c1ccc([N+](=O)[O-])cc1)N(Cc1cn(C(c2ccccc2)(c2ccccc2)c2ccccc2)cn1)c1ccc(N2CCNCC2)cc1. The average Bonchev–Trinajstić information content (AvgIpc) is 1.75. The van der Waals surface area contributed by atoms with Crippen molar-refractivity contribution < 1.29 is 52.5 Å². The van der Waals surface area contributed by atoms with Gasteiger partial charge < -0.3 is 57.8 Å². The molecule has 0 spiro atoms. The van der Waals surface area contributed by atoms with E-state index >= 15 is 0 Å². The van der Waals surface area contributed by atoms with E-state index in [1.807, 2.05) is 104 Å². The summed E-state index contributed by atoms with van der Waals surface area (Å²) in [6.45, 7) is 5.53. The molecule has 2 saturated heterocycles. The Morgan fingerprint density at radius 2 is 1.34 bits per heavy atom. The molecule has 2 aromatic heterocycles. The number of methoxy groups -OCH3 is 6. The van der Waals surface area contributed by atoms with Crippen molar-refractivity contribution in [3.8, 4) is 23.0 Å². The Morgan fingerprint density at radius 3 is 1.91 bits per heavy atom. The molecule has 1 aliphatic carbocycles. The van der Waals surface area contributed by atoms with Crippen molar-refractivity contribution in [1.82, 2.24) is 24.8 Å². The first-order valence-electron chi connectivity index (χ1n) is 31.3. The van der Waals surface area contributed by atoms with Crippen LogP contribution >= 0.6 is 0 Å². The number of amides is 1. The number of nitrogens with one attached hydrogen (secondary N) is 2. The number of non-ortho nitro benzene ring substituents is 1. The van der Waals surface area contributed by atoms with Crippen LogP contribution in [-0.2, 0) is 37.5 Å². The van der Waals surface area contributed by atoms with Gasteiger partial charge in [0.2, 0.25) is 5.75 Å². The van der Waals surface area contributed by atoms with Crippen molar-refractivity contribution in [2.24, 2.45) is 17.8 Å². The third-order valence-corrected chi connectivity index (χ3v) is 18.9. The van der Waals surface area contributed by atoms with E-state index < -0.39 is 34.6 Å². The van der Waals surface area contributed by atoms with Crippen LogP contribution < -0.4 is 34.1 Å². The molecule has 93 heavy (non-hydrogen) atoms.